The molecule has 1 saturated heterocycles. The zero-order valence-corrected chi connectivity index (χ0v) is 14.4. The van der Waals surface area contributed by atoms with Crippen molar-refractivity contribution >= 4 is 5.95 Å². The molecule has 134 valence electrons. The van der Waals surface area contributed by atoms with Crippen LogP contribution in [0, 0.1) is 12.7 Å². The lowest BCUT2D eigenvalue weighted by Crippen LogP contribution is -2.09. The van der Waals surface area contributed by atoms with E-state index >= 15 is 0 Å². The van der Waals surface area contributed by atoms with Gasteiger partial charge in [-0.1, -0.05) is 17.3 Å². The Labute approximate surface area is 150 Å². The summed E-state index contributed by atoms with van der Waals surface area (Å²) < 4.78 is 24.2. The molecule has 0 amide bonds. The van der Waals surface area contributed by atoms with E-state index in [1.54, 1.807) is 18.3 Å². The highest BCUT2D eigenvalue weighted by Gasteiger charge is 2.25. The van der Waals surface area contributed by atoms with Gasteiger partial charge in [0.2, 0.25) is 5.95 Å². The first-order valence-corrected chi connectivity index (χ1v) is 8.59. The third kappa shape index (κ3) is 3.57. The predicted molar refractivity (Wildman–Crippen MR) is 93.9 cm³/mol. The molecule has 4 rings (SSSR count). The van der Waals surface area contributed by atoms with E-state index in [0.717, 1.165) is 42.0 Å². The second-order valence-corrected chi connectivity index (χ2v) is 6.31. The Morgan fingerprint density at radius 3 is 2.81 bits per heavy atom. The number of anilines is 1. The first-order chi connectivity index (χ1) is 12.7. The highest BCUT2D eigenvalue weighted by molar-refractivity contribution is 5.61. The summed E-state index contributed by atoms with van der Waals surface area (Å²) >= 11 is 0. The number of benzene rings is 1. The molecule has 26 heavy (non-hydrogen) atoms. The minimum absolute atomic E-state index is 0.0789. The fraction of sp³-hybridized carbons (Fsp3) is 0.316. The molecule has 0 radical (unpaired) electrons. The fourth-order valence-electron chi connectivity index (χ4n) is 2.98. The molecule has 1 aromatic carbocycles. The molecular weight excluding hydrogens is 335 g/mol. The van der Waals surface area contributed by atoms with Gasteiger partial charge in [-0.3, -0.25) is 0 Å². The number of aryl methyl sites for hydroxylation is 1. The molecule has 1 fully saturated rings. The van der Waals surface area contributed by atoms with Crippen LogP contribution in [0.1, 0.15) is 35.9 Å². The number of rotatable bonds is 5. The molecule has 0 aliphatic carbocycles. The van der Waals surface area contributed by atoms with Crippen LogP contribution in [-0.2, 0) is 11.3 Å². The fourth-order valence-corrected chi connectivity index (χ4v) is 2.98. The monoisotopic (exact) mass is 354 g/mol. The van der Waals surface area contributed by atoms with Gasteiger partial charge >= 0.3 is 0 Å². The molecule has 1 N–H and O–H groups in total. The van der Waals surface area contributed by atoms with E-state index < -0.39 is 0 Å². The highest BCUT2D eigenvalue weighted by Crippen LogP contribution is 2.34. The Morgan fingerprint density at radius 2 is 2.12 bits per heavy atom. The van der Waals surface area contributed by atoms with Crippen molar-refractivity contribution < 1.29 is 13.7 Å². The molecular formula is C19H19FN4O2. The van der Waals surface area contributed by atoms with E-state index in [4.69, 9.17) is 9.26 Å². The Balaban J connectivity index is 1.60. The summed E-state index contributed by atoms with van der Waals surface area (Å²) in [7, 11) is 0. The van der Waals surface area contributed by atoms with Crippen LogP contribution in [0.15, 0.2) is 41.1 Å². The molecule has 0 bridgehead atoms. The number of aromatic nitrogens is 3. The van der Waals surface area contributed by atoms with Gasteiger partial charge in [-0.15, -0.1) is 0 Å². The lowest BCUT2D eigenvalue weighted by molar-refractivity contribution is 0.109. The average Bonchev–Trinajstić information content (AvgIpc) is 3.33. The number of nitrogens with one attached hydrogen (secondary N) is 1. The molecule has 1 atom stereocenters. The first-order valence-electron chi connectivity index (χ1n) is 8.59. The summed E-state index contributed by atoms with van der Waals surface area (Å²) in [5, 5.41) is 7.13. The van der Waals surface area contributed by atoms with Crippen molar-refractivity contribution in [1.29, 1.82) is 0 Å². The summed E-state index contributed by atoms with van der Waals surface area (Å²) in [6.07, 6.45) is 3.57. The van der Waals surface area contributed by atoms with Crippen LogP contribution >= 0.6 is 0 Å². The summed E-state index contributed by atoms with van der Waals surface area (Å²) in [6, 6.07) is 8.20. The maximum Gasteiger partial charge on any atom is 0.223 e. The zero-order valence-electron chi connectivity index (χ0n) is 14.4. The van der Waals surface area contributed by atoms with Gasteiger partial charge in [-0.25, -0.2) is 14.4 Å². The Hall–Kier alpha value is -2.80. The second kappa shape index (κ2) is 7.21. The molecule has 2 aromatic heterocycles. The third-order valence-corrected chi connectivity index (χ3v) is 4.31. The van der Waals surface area contributed by atoms with Crippen molar-refractivity contribution in [3.8, 4) is 11.3 Å². The van der Waals surface area contributed by atoms with Crippen LogP contribution in [0.2, 0.25) is 0 Å². The van der Waals surface area contributed by atoms with Crippen LogP contribution in [0.3, 0.4) is 0 Å². The zero-order chi connectivity index (χ0) is 17.9. The van der Waals surface area contributed by atoms with Gasteiger partial charge in [0, 0.05) is 25.4 Å². The molecule has 3 heterocycles. The minimum Gasteiger partial charge on any atom is -0.372 e. The Bertz CT molecular complexity index is 889. The van der Waals surface area contributed by atoms with E-state index in [0.29, 0.717) is 18.3 Å². The standard InChI is InChI=1S/C19H19FN4O2/c1-12-9-17(26-24-12)15-11-22-19(23-18(15)16-3-2-8-25-16)21-10-13-4-6-14(20)7-5-13/h4-7,9,11,16H,2-3,8,10H2,1H3,(H,21,22,23). The maximum atomic E-state index is 13.0. The lowest BCUT2D eigenvalue weighted by Gasteiger charge is -2.14. The van der Waals surface area contributed by atoms with Gasteiger partial charge in [0.15, 0.2) is 5.76 Å². The molecule has 0 spiro atoms. The molecule has 0 saturated carbocycles. The smallest absolute Gasteiger partial charge is 0.223 e. The minimum atomic E-state index is -0.252. The average molecular weight is 354 g/mol. The van der Waals surface area contributed by atoms with Crippen molar-refractivity contribution in [2.75, 3.05) is 11.9 Å². The lowest BCUT2D eigenvalue weighted by atomic mass is 10.1. The van der Waals surface area contributed by atoms with Gasteiger partial charge in [-0.2, -0.15) is 0 Å². The van der Waals surface area contributed by atoms with Crippen molar-refractivity contribution in [2.45, 2.75) is 32.4 Å². The van der Waals surface area contributed by atoms with Gasteiger partial charge in [-0.05, 0) is 37.5 Å². The third-order valence-electron chi connectivity index (χ3n) is 4.31. The van der Waals surface area contributed by atoms with Gasteiger partial charge in [0.1, 0.15) is 11.9 Å². The summed E-state index contributed by atoms with van der Waals surface area (Å²) in [6.45, 7) is 3.10. The normalized spacial score (nSPS) is 16.8. The Morgan fingerprint density at radius 1 is 1.27 bits per heavy atom. The van der Waals surface area contributed by atoms with Gasteiger partial charge < -0.3 is 14.6 Å². The van der Waals surface area contributed by atoms with Crippen LogP contribution < -0.4 is 5.32 Å². The largest absolute Gasteiger partial charge is 0.372 e. The molecule has 1 aliphatic heterocycles. The van der Waals surface area contributed by atoms with Crippen LogP contribution in [0.25, 0.3) is 11.3 Å². The summed E-state index contributed by atoms with van der Waals surface area (Å²) in [4.78, 5) is 9.05. The van der Waals surface area contributed by atoms with E-state index in [1.807, 2.05) is 13.0 Å². The molecule has 1 unspecified atom stereocenters. The van der Waals surface area contributed by atoms with E-state index in [9.17, 15) is 4.39 Å². The van der Waals surface area contributed by atoms with Crippen molar-refractivity contribution in [3.05, 3.63) is 59.3 Å². The molecule has 1 aliphatic rings. The van der Waals surface area contributed by atoms with Crippen LogP contribution in [0.5, 0.6) is 0 Å². The van der Waals surface area contributed by atoms with Crippen LogP contribution in [0.4, 0.5) is 10.3 Å². The first kappa shape index (κ1) is 16.7. The molecule has 7 heteroatoms. The van der Waals surface area contributed by atoms with Crippen molar-refractivity contribution in [3.63, 3.8) is 0 Å². The second-order valence-electron chi connectivity index (χ2n) is 6.31. The summed E-state index contributed by atoms with van der Waals surface area (Å²) in [5.41, 5.74) is 3.35. The number of ether oxygens (including phenoxy) is 1. The van der Waals surface area contributed by atoms with E-state index in [-0.39, 0.29) is 11.9 Å². The topological polar surface area (TPSA) is 73.1 Å². The maximum absolute atomic E-state index is 13.0. The van der Waals surface area contributed by atoms with E-state index in [1.165, 1.54) is 12.1 Å². The number of halogens is 1. The Kier molecular flexibility index (Phi) is 4.62. The van der Waals surface area contributed by atoms with E-state index in [2.05, 4.69) is 20.4 Å². The number of hydrogen-bond donors (Lipinski definition) is 1. The quantitative estimate of drug-likeness (QED) is 0.745. The number of nitrogens with zero attached hydrogens (tertiary/aromatic N) is 3. The predicted octanol–water partition coefficient (Wildman–Crippen LogP) is 4.04. The van der Waals surface area contributed by atoms with Crippen LogP contribution in [-0.4, -0.2) is 21.7 Å². The highest BCUT2D eigenvalue weighted by atomic mass is 19.1. The molecule has 6 nitrogen and oxygen atoms in total. The van der Waals surface area contributed by atoms with Crippen molar-refractivity contribution in [1.82, 2.24) is 15.1 Å². The van der Waals surface area contributed by atoms with Crippen molar-refractivity contribution in [2.24, 2.45) is 0 Å². The SMILES string of the molecule is Cc1cc(-c2cnc(NCc3ccc(F)cc3)nc2C2CCCO2)on1. The van der Waals surface area contributed by atoms with Gasteiger partial charge in [0.25, 0.3) is 0 Å². The number of hydrogen-bond acceptors (Lipinski definition) is 6. The summed E-state index contributed by atoms with van der Waals surface area (Å²) in [5.74, 6) is 0.885. The molecule has 3 aromatic rings. The van der Waals surface area contributed by atoms with Gasteiger partial charge in [0.05, 0.1) is 17.0 Å².